The highest BCUT2D eigenvalue weighted by Gasteiger charge is 2.43. The summed E-state index contributed by atoms with van der Waals surface area (Å²) in [5.74, 6) is -3.23. The fourth-order valence-corrected chi connectivity index (χ4v) is 3.78. The predicted octanol–water partition coefficient (Wildman–Crippen LogP) is 3.64. The number of likely N-dealkylation sites (tertiary alicyclic amines) is 1. The van der Waals surface area contributed by atoms with Gasteiger partial charge < -0.3 is 9.32 Å². The van der Waals surface area contributed by atoms with Gasteiger partial charge in [0, 0.05) is 25.9 Å². The van der Waals surface area contributed by atoms with E-state index in [1.165, 1.54) is 28.7 Å². The molecule has 0 bridgehead atoms. The highest BCUT2D eigenvalue weighted by Crippen LogP contribution is 2.36. The largest absolute Gasteiger partial charge is 0.452 e. The zero-order valence-corrected chi connectivity index (χ0v) is 16.4. The number of carbonyl (C=O) groups excluding carboxylic acids is 1. The minimum atomic E-state index is -4.88. The fourth-order valence-electron chi connectivity index (χ4n) is 3.78. The quantitative estimate of drug-likeness (QED) is 0.573. The van der Waals surface area contributed by atoms with Gasteiger partial charge in [-0.3, -0.25) is 4.79 Å². The van der Waals surface area contributed by atoms with Crippen LogP contribution in [0.15, 0.2) is 16.8 Å². The normalized spacial score (nSPS) is 20.1. The van der Waals surface area contributed by atoms with Crippen molar-refractivity contribution in [1.82, 2.24) is 29.5 Å². The van der Waals surface area contributed by atoms with Crippen molar-refractivity contribution in [2.75, 3.05) is 13.1 Å². The van der Waals surface area contributed by atoms with Gasteiger partial charge >= 0.3 is 6.18 Å². The van der Waals surface area contributed by atoms with Gasteiger partial charge in [0.1, 0.15) is 12.0 Å². The lowest BCUT2D eigenvalue weighted by Gasteiger charge is -2.37. The molecule has 4 heterocycles. The minimum absolute atomic E-state index is 0.00907. The average molecular weight is 444 g/mol. The van der Waals surface area contributed by atoms with Crippen LogP contribution in [0, 0.1) is 12.8 Å². The predicted molar refractivity (Wildman–Crippen MR) is 94.4 cm³/mol. The Labute approximate surface area is 172 Å². The maximum atomic E-state index is 13.3. The zero-order chi connectivity index (χ0) is 22.5. The summed E-state index contributed by atoms with van der Waals surface area (Å²) in [4.78, 5) is 25.4. The van der Waals surface area contributed by atoms with E-state index in [1.807, 2.05) is 6.92 Å². The van der Waals surface area contributed by atoms with Crippen LogP contribution in [0.1, 0.15) is 59.2 Å². The molecule has 0 N–H and O–H groups in total. The van der Waals surface area contributed by atoms with Crippen LogP contribution in [-0.2, 0) is 6.18 Å². The van der Waals surface area contributed by atoms with E-state index in [4.69, 9.17) is 0 Å². The number of carbonyl (C=O) groups is 1. The van der Waals surface area contributed by atoms with Crippen molar-refractivity contribution < 1.29 is 31.2 Å². The van der Waals surface area contributed by atoms with Crippen molar-refractivity contribution in [3.8, 4) is 0 Å². The Morgan fingerprint density at radius 3 is 2.71 bits per heavy atom. The molecule has 166 valence electrons. The minimum Gasteiger partial charge on any atom is -0.436 e. The Morgan fingerprint density at radius 1 is 1.29 bits per heavy atom. The number of hydrogen-bond acceptors (Lipinski definition) is 6. The van der Waals surface area contributed by atoms with Crippen molar-refractivity contribution in [3.63, 3.8) is 0 Å². The molecule has 1 aliphatic heterocycles. The van der Waals surface area contributed by atoms with Gasteiger partial charge in [0.05, 0.1) is 5.69 Å². The summed E-state index contributed by atoms with van der Waals surface area (Å²) >= 11 is 0. The van der Waals surface area contributed by atoms with E-state index in [9.17, 15) is 26.7 Å². The molecule has 8 nitrogen and oxygen atoms in total. The Morgan fingerprint density at radius 2 is 2.03 bits per heavy atom. The van der Waals surface area contributed by atoms with Crippen molar-refractivity contribution in [3.05, 3.63) is 41.1 Å². The number of nitrogens with zero attached hydrogens (tertiary/aromatic N) is 6. The van der Waals surface area contributed by atoms with Crippen molar-refractivity contribution in [2.24, 2.45) is 5.92 Å². The fraction of sp³-hybridized carbons (Fsp3) is 0.500. The molecule has 1 saturated heterocycles. The molecule has 3 aromatic rings. The van der Waals surface area contributed by atoms with E-state index in [0.29, 0.717) is 12.1 Å². The Kier molecular flexibility index (Phi) is 5.13. The Balaban J connectivity index is 1.70. The first kappa shape index (κ1) is 21.1. The molecule has 1 fully saturated rings. The molecule has 13 heteroatoms. The smallest absolute Gasteiger partial charge is 0.436 e. The summed E-state index contributed by atoms with van der Waals surface area (Å²) in [5, 5.41) is 4.03. The number of halogens is 5. The maximum Gasteiger partial charge on any atom is 0.452 e. The standard InChI is InChI=1S/C18H17F5N6O2/c1-8-3-4-28(16(30)13-14(18(21,22)23)31-9(2)26-13)6-10(8)12-5-11(15(19)20)27-17-24-7-25-29(12)17/h5,7-8,10,15H,3-4,6H2,1-2H3. The van der Waals surface area contributed by atoms with Gasteiger partial charge in [0.2, 0.25) is 5.76 Å². The lowest BCUT2D eigenvalue weighted by Crippen LogP contribution is -2.43. The number of fused-ring (bicyclic) bond motifs is 1. The molecule has 0 spiro atoms. The first-order valence-electron chi connectivity index (χ1n) is 9.39. The summed E-state index contributed by atoms with van der Waals surface area (Å²) in [7, 11) is 0. The van der Waals surface area contributed by atoms with E-state index in [2.05, 4.69) is 24.5 Å². The Hall–Kier alpha value is -3.12. The third-order valence-corrected chi connectivity index (χ3v) is 5.34. The molecule has 0 aromatic carbocycles. The third kappa shape index (κ3) is 3.83. The number of rotatable bonds is 3. The summed E-state index contributed by atoms with van der Waals surface area (Å²) in [5.41, 5.74) is -0.944. The van der Waals surface area contributed by atoms with Crippen LogP contribution < -0.4 is 0 Å². The van der Waals surface area contributed by atoms with E-state index in [0.717, 1.165) is 0 Å². The molecule has 0 saturated carbocycles. The summed E-state index contributed by atoms with van der Waals surface area (Å²) < 4.78 is 72.3. The summed E-state index contributed by atoms with van der Waals surface area (Å²) in [6.45, 7) is 3.27. The number of amides is 1. The van der Waals surface area contributed by atoms with Crippen molar-refractivity contribution in [1.29, 1.82) is 0 Å². The van der Waals surface area contributed by atoms with Gasteiger partial charge in [-0.25, -0.2) is 23.3 Å². The molecule has 4 rings (SSSR count). The van der Waals surface area contributed by atoms with Gasteiger partial charge in [-0.05, 0) is 18.4 Å². The summed E-state index contributed by atoms with van der Waals surface area (Å²) in [6, 6.07) is 1.20. The molecule has 1 aliphatic rings. The second-order valence-corrected chi connectivity index (χ2v) is 7.41. The molecule has 2 atom stereocenters. The highest BCUT2D eigenvalue weighted by molar-refractivity contribution is 5.93. The molecule has 0 aliphatic carbocycles. The van der Waals surface area contributed by atoms with E-state index in [-0.39, 0.29) is 30.7 Å². The van der Waals surface area contributed by atoms with Crippen LogP contribution in [0.3, 0.4) is 0 Å². The molecule has 3 aromatic heterocycles. The monoisotopic (exact) mass is 444 g/mol. The lowest BCUT2D eigenvalue weighted by atomic mass is 9.84. The van der Waals surface area contributed by atoms with Gasteiger partial charge in [-0.2, -0.15) is 23.3 Å². The molecule has 0 radical (unpaired) electrons. The van der Waals surface area contributed by atoms with E-state index >= 15 is 0 Å². The number of aromatic nitrogens is 5. The van der Waals surface area contributed by atoms with Gasteiger partial charge in [-0.15, -0.1) is 0 Å². The second kappa shape index (κ2) is 7.54. The number of alkyl halides is 5. The van der Waals surface area contributed by atoms with Crippen LogP contribution >= 0.6 is 0 Å². The van der Waals surface area contributed by atoms with Gasteiger partial charge in [-0.1, -0.05) is 6.92 Å². The first-order chi connectivity index (χ1) is 14.6. The summed E-state index contributed by atoms with van der Waals surface area (Å²) in [6.07, 6.45) is -6.11. The molecule has 31 heavy (non-hydrogen) atoms. The number of piperidine rings is 1. The van der Waals surface area contributed by atoms with Crippen molar-refractivity contribution in [2.45, 2.75) is 38.8 Å². The van der Waals surface area contributed by atoms with Crippen LogP contribution in [0.25, 0.3) is 5.78 Å². The topological polar surface area (TPSA) is 89.4 Å². The van der Waals surface area contributed by atoms with E-state index < -0.39 is 41.6 Å². The first-order valence-corrected chi connectivity index (χ1v) is 9.39. The number of oxazole rings is 1. The molecule has 1 amide bonds. The zero-order valence-electron chi connectivity index (χ0n) is 16.4. The molecular formula is C18H17F5N6O2. The lowest BCUT2D eigenvalue weighted by molar-refractivity contribution is -0.153. The maximum absolute atomic E-state index is 13.3. The third-order valence-electron chi connectivity index (χ3n) is 5.34. The Bertz CT molecular complexity index is 1120. The van der Waals surface area contributed by atoms with Crippen LogP contribution in [-0.4, -0.2) is 48.5 Å². The molecule has 2 unspecified atom stereocenters. The van der Waals surface area contributed by atoms with Gasteiger partial charge in [0.15, 0.2) is 11.6 Å². The number of aryl methyl sites for hydroxylation is 1. The van der Waals surface area contributed by atoms with Crippen LogP contribution in [0.5, 0.6) is 0 Å². The highest BCUT2D eigenvalue weighted by atomic mass is 19.4. The van der Waals surface area contributed by atoms with Crippen LogP contribution in [0.4, 0.5) is 22.0 Å². The van der Waals surface area contributed by atoms with E-state index in [1.54, 1.807) is 0 Å². The average Bonchev–Trinajstić information content (AvgIpc) is 3.33. The second-order valence-electron chi connectivity index (χ2n) is 7.41. The van der Waals surface area contributed by atoms with Gasteiger partial charge in [0.25, 0.3) is 18.1 Å². The van der Waals surface area contributed by atoms with Crippen molar-refractivity contribution >= 4 is 11.7 Å². The number of hydrogen-bond donors (Lipinski definition) is 0. The molecular weight excluding hydrogens is 427 g/mol. The SMILES string of the molecule is Cc1nc(C(=O)N2CCC(C)C(c3cc(C(F)F)nc4ncnn34)C2)c(C(F)(F)F)o1. The van der Waals surface area contributed by atoms with Crippen LogP contribution in [0.2, 0.25) is 0 Å².